The van der Waals surface area contributed by atoms with Crippen LogP contribution in [0.5, 0.6) is 0 Å². The lowest BCUT2D eigenvalue weighted by Gasteiger charge is -2.20. The third-order valence-electron chi connectivity index (χ3n) is 4.31. The molecule has 0 aromatic heterocycles. The van der Waals surface area contributed by atoms with Gasteiger partial charge in [-0.2, -0.15) is 0 Å². The second-order valence-corrected chi connectivity index (χ2v) is 6.96. The van der Waals surface area contributed by atoms with Crippen LogP contribution in [-0.4, -0.2) is 54.2 Å². The number of methoxy groups -OCH3 is 1. The Morgan fingerprint density at radius 1 is 1.18 bits per heavy atom. The summed E-state index contributed by atoms with van der Waals surface area (Å²) in [4.78, 5) is 37.3. The van der Waals surface area contributed by atoms with Gasteiger partial charge in [-0.3, -0.25) is 9.59 Å². The molecule has 0 heterocycles. The van der Waals surface area contributed by atoms with Gasteiger partial charge in [0.2, 0.25) is 11.8 Å². The van der Waals surface area contributed by atoms with Crippen LogP contribution in [0.25, 0.3) is 0 Å². The van der Waals surface area contributed by atoms with Crippen molar-refractivity contribution < 1.29 is 24.2 Å². The van der Waals surface area contributed by atoms with Crippen molar-refractivity contribution in [1.82, 2.24) is 10.2 Å². The van der Waals surface area contributed by atoms with Gasteiger partial charge >= 0.3 is 6.09 Å². The highest BCUT2D eigenvalue weighted by Crippen LogP contribution is 2.18. The quantitative estimate of drug-likeness (QED) is 0.515. The van der Waals surface area contributed by atoms with E-state index in [1.54, 1.807) is 32.2 Å². The highest BCUT2D eigenvalue weighted by atomic mass is 16.5. The fourth-order valence-electron chi connectivity index (χ4n) is 2.41. The van der Waals surface area contributed by atoms with Gasteiger partial charge in [0.1, 0.15) is 6.04 Å². The zero-order valence-electron chi connectivity index (χ0n) is 17.0. The smallest absolute Gasteiger partial charge is 0.409 e. The van der Waals surface area contributed by atoms with Gasteiger partial charge in [0.25, 0.3) is 0 Å². The van der Waals surface area contributed by atoms with E-state index in [0.29, 0.717) is 16.8 Å². The number of aliphatic hydroxyl groups is 1. The molecule has 1 rings (SSSR count). The van der Waals surface area contributed by atoms with Gasteiger partial charge in [0.05, 0.1) is 19.8 Å². The van der Waals surface area contributed by atoms with Crippen LogP contribution < -0.4 is 16.4 Å². The van der Waals surface area contributed by atoms with E-state index in [1.807, 2.05) is 13.8 Å². The molecule has 2 atom stereocenters. The third kappa shape index (κ3) is 6.50. The first-order chi connectivity index (χ1) is 13.1. The number of amides is 3. The molecule has 0 spiro atoms. The number of hydrogen-bond acceptors (Lipinski definition) is 6. The number of nitrogens with two attached hydrogens (primary N) is 1. The summed E-state index contributed by atoms with van der Waals surface area (Å²) in [5.74, 6) is -0.849. The van der Waals surface area contributed by atoms with Crippen molar-refractivity contribution in [1.29, 1.82) is 0 Å². The van der Waals surface area contributed by atoms with Crippen molar-refractivity contribution in [3.8, 4) is 0 Å². The van der Waals surface area contributed by atoms with Crippen LogP contribution >= 0.6 is 0 Å². The average Bonchev–Trinajstić information content (AvgIpc) is 2.66. The molecule has 9 nitrogen and oxygen atoms in total. The number of rotatable bonds is 8. The van der Waals surface area contributed by atoms with Gasteiger partial charge < -0.3 is 31.1 Å². The standard InChI is InChI=1S/C19H30N4O5/c1-11(2)16(20)18(26)21-12(3)17(25)22-15-7-6-13(10-24)14(8-15)9-23(4)19(27)28-5/h6-8,11-12,16,24H,9-10,20H2,1-5H3,(H,21,26)(H,22,25)/t12-,16-/m0/s1. The van der Waals surface area contributed by atoms with Crippen molar-refractivity contribution in [2.75, 3.05) is 19.5 Å². The van der Waals surface area contributed by atoms with Crippen LogP contribution in [0.4, 0.5) is 10.5 Å². The van der Waals surface area contributed by atoms with Gasteiger partial charge in [0, 0.05) is 19.3 Å². The Kier molecular flexibility index (Phi) is 8.87. The Balaban J connectivity index is 2.85. The number of nitrogens with one attached hydrogen (secondary N) is 2. The lowest BCUT2D eigenvalue weighted by molar-refractivity contribution is -0.127. The predicted molar refractivity (Wildman–Crippen MR) is 105 cm³/mol. The fourth-order valence-corrected chi connectivity index (χ4v) is 2.41. The van der Waals surface area contributed by atoms with E-state index in [-0.39, 0.29) is 19.1 Å². The first kappa shape index (κ1) is 23.4. The molecule has 0 saturated carbocycles. The maximum Gasteiger partial charge on any atom is 0.409 e. The van der Waals surface area contributed by atoms with E-state index in [0.717, 1.165) is 0 Å². The molecular formula is C19H30N4O5. The summed E-state index contributed by atoms with van der Waals surface area (Å²) >= 11 is 0. The normalized spacial score (nSPS) is 12.9. The molecule has 0 aliphatic carbocycles. The SMILES string of the molecule is COC(=O)N(C)Cc1cc(NC(=O)[C@H](C)NC(=O)[C@@H](N)C(C)C)ccc1CO. The molecule has 1 aromatic carbocycles. The minimum absolute atomic E-state index is 0.0457. The van der Waals surface area contributed by atoms with E-state index >= 15 is 0 Å². The molecule has 0 fully saturated rings. The number of aliphatic hydroxyl groups excluding tert-OH is 1. The van der Waals surface area contributed by atoms with Gasteiger partial charge in [-0.1, -0.05) is 19.9 Å². The molecule has 156 valence electrons. The maximum absolute atomic E-state index is 12.4. The van der Waals surface area contributed by atoms with Crippen LogP contribution in [0, 0.1) is 5.92 Å². The summed E-state index contributed by atoms with van der Waals surface area (Å²) in [6.45, 7) is 5.20. The molecule has 1 aromatic rings. The number of ether oxygens (including phenoxy) is 1. The highest BCUT2D eigenvalue weighted by molar-refractivity contribution is 5.97. The van der Waals surface area contributed by atoms with E-state index in [4.69, 9.17) is 5.73 Å². The molecule has 0 unspecified atom stereocenters. The van der Waals surface area contributed by atoms with E-state index in [1.165, 1.54) is 12.0 Å². The van der Waals surface area contributed by atoms with Crippen LogP contribution in [0.2, 0.25) is 0 Å². The number of benzene rings is 1. The van der Waals surface area contributed by atoms with Crippen molar-refractivity contribution in [3.63, 3.8) is 0 Å². The zero-order chi connectivity index (χ0) is 21.4. The fraction of sp³-hybridized carbons (Fsp3) is 0.526. The number of hydrogen-bond donors (Lipinski definition) is 4. The van der Waals surface area contributed by atoms with Crippen LogP contribution in [0.3, 0.4) is 0 Å². The van der Waals surface area contributed by atoms with E-state index < -0.39 is 30.0 Å². The Morgan fingerprint density at radius 2 is 1.82 bits per heavy atom. The summed E-state index contributed by atoms with van der Waals surface area (Å²) in [5, 5.41) is 14.8. The molecule has 0 radical (unpaired) electrons. The molecule has 5 N–H and O–H groups in total. The van der Waals surface area contributed by atoms with Crippen molar-refractivity contribution in [2.24, 2.45) is 11.7 Å². The monoisotopic (exact) mass is 394 g/mol. The second-order valence-electron chi connectivity index (χ2n) is 6.96. The van der Waals surface area contributed by atoms with Crippen molar-refractivity contribution in [2.45, 2.75) is 46.0 Å². The summed E-state index contributed by atoms with van der Waals surface area (Å²) in [6, 6.07) is 3.49. The van der Waals surface area contributed by atoms with Gasteiger partial charge in [-0.05, 0) is 36.1 Å². The number of anilines is 1. The summed E-state index contributed by atoms with van der Waals surface area (Å²) in [7, 11) is 2.84. The molecule has 28 heavy (non-hydrogen) atoms. The molecule has 0 saturated heterocycles. The Morgan fingerprint density at radius 3 is 2.36 bits per heavy atom. The minimum atomic E-state index is -0.781. The third-order valence-corrected chi connectivity index (χ3v) is 4.31. The summed E-state index contributed by atoms with van der Waals surface area (Å²) in [5.41, 5.74) is 7.54. The lowest BCUT2D eigenvalue weighted by atomic mass is 10.0. The highest BCUT2D eigenvalue weighted by Gasteiger charge is 2.22. The van der Waals surface area contributed by atoms with Gasteiger partial charge in [0.15, 0.2) is 0 Å². The maximum atomic E-state index is 12.4. The Bertz CT molecular complexity index is 708. The summed E-state index contributed by atoms with van der Waals surface area (Å²) in [6.07, 6.45) is -0.517. The Labute approximate surface area is 165 Å². The first-order valence-corrected chi connectivity index (χ1v) is 8.99. The minimum Gasteiger partial charge on any atom is -0.453 e. The topological polar surface area (TPSA) is 134 Å². The number of carbonyl (C=O) groups is 3. The molecule has 9 heteroatoms. The first-order valence-electron chi connectivity index (χ1n) is 8.99. The molecule has 0 aliphatic rings. The number of carbonyl (C=O) groups excluding carboxylic acids is 3. The van der Waals surface area contributed by atoms with E-state index in [9.17, 15) is 19.5 Å². The zero-order valence-corrected chi connectivity index (χ0v) is 17.0. The average molecular weight is 394 g/mol. The Hall–Kier alpha value is -2.65. The van der Waals surface area contributed by atoms with E-state index in [2.05, 4.69) is 15.4 Å². The molecule has 0 aliphatic heterocycles. The lowest BCUT2D eigenvalue weighted by Crippen LogP contribution is -2.50. The van der Waals surface area contributed by atoms with Gasteiger partial charge in [-0.15, -0.1) is 0 Å². The van der Waals surface area contributed by atoms with Crippen LogP contribution in [0.15, 0.2) is 18.2 Å². The molecule has 3 amide bonds. The van der Waals surface area contributed by atoms with Crippen molar-refractivity contribution >= 4 is 23.6 Å². The molecule has 0 bridgehead atoms. The summed E-state index contributed by atoms with van der Waals surface area (Å²) < 4.78 is 4.66. The largest absolute Gasteiger partial charge is 0.453 e. The number of nitrogens with zero attached hydrogens (tertiary/aromatic N) is 1. The van der Waals surface area contributed by atoms with Crippen LogP contribution in [0.1, 0.15) is 31.9 Å². The van der Waals surface area contributed by atoms with Gasteiger partial charge in [-0.25, -0.2) is 4.79 Å². The second kappa shape index (κ2) is 10.6. The van der Waals surface area contributed by atoms with Crippen molar-refractivity contribution in [3.05, 3.63) is 29.3 Å². The van der Waals surface area contributed by atoms with Crippen LogP contribution in [-0.2, 0) is 27.5 Å². The predicted octanol–water partition coefficient (Wildman–Crippen LogP) is 0.804. The molecular weight excluding hydrogens is 364 g/mol.